The number of carbonyl (C=O) groups is 1. The number of hydrogen-bond acceptors (Lipinski definition) is 3. The minimum absolute atomic E-state index is 0. The maximum absolute atomic E-state index is 11.2. The number of rotatable bonds is 10. The van der Waals surface area contributed by atoms with Gasteiger partial charge in [-0.1, -0.05) is 13.8 Å². The number of nitrogens with zero attached hydrogens (tertiary/aromatic N) is 1. The topological polar surface area (TPSA) is 44.4 Å². The molecule has 104 valence electrons. The summed E-state index contributed by atoms with van der Waals surface area (Å²) in [6.45, 7) is 9.02. The largest absolute Gasteiger partial charge is 0.355 e. The molecular formula is C12H28ClN3O. The van der Waals surface area contributed by atoms with E-state index in [-0.39, 0.29) is 18.3 Å². The molecule has 0 aliphatic heterocycles. The van der Waals surface area contributed by atoms with Crippen LogP contribution in [0.1, 0.15) is 33.1 Å². The first-order chi connectivity index (χ1) is 7.74. The SMILES string of the molecule is CCCN(CCC)CCCNC(=O)CNC.Cl. The third-order valence-electron chi connectivity index (χ3n) is 2.39. The summed E-state index contributed by atoms with van der Waals surface area (Å²) in [4.78, 5) is 13.6. The van der Waals surface area contributed by atoms with Crippen LogP contribution in [0.3, 0.4) is 0 Å². The average Bonchev–Trinajstić information content (AvgIpc) is 2.25. The van der Waals surface area contributed by atoms with Crippen LogP contribution in [-0.4, -0.2) is 50.6 Å². The van der Waals surface area contributed by atoms with E-state index in [1.807, 2.05) is 0 Å². The fraction of sp³-hybridized carbons (Fsp3) is 0.917. The Bertz CT molecular complexity index is 173. The molecule has 0 aromatic rings. The van der Waals surface area contributed by atoms with E-state index in [0.29, 0.717) is 6.54 Å². The number of carbonyl (C=O) groups excluding carboxylic acids is 1. The molecule has 0 aromatic carbocycles. The van der Waals surface area contributed by atoms with E-state index in [9.17, 15) is 4.79 Å². The number of amides is 1. The zero-order chi connectivity index (χ0) is 12.2. The van der Waals surface area contributed by atoms with E-state index in [1.54, 1.807) is 7.05 Å². The van der Waals surface area contributed by atoms with Gasteiger partial charge >= 0.3 is 0 Å². The quantitative estimate of drug-likeness (QED) is 0.585. The Labute approximate surface area is 112 Å². The summed E-state index contributed by atoms with van der Waals surface area (Å²) in [5, 5.41) is 5.73. The van der Waals surface area contributed by atoms with Crippen molar-refractivity contribution in [2.45, 2.75) is 33.1 Å². The monoisotopic (exact) mass is 265 g/mol. The summed E-state index contributed by atoms with van der Waals surface area (Å²) in [6.07, 6.45) is 3.44. The van der Waals surface area contributed by atoms with Gasteiger partial charge in [0.15, 0.2) is 0 Å². The van der Waals surface area contributed by atoms with Crippen molar-refractivity contribution in [2.75, 3.05) is 39.8 Å². The molecule has 0 unspecified atom stereocenters. The number of nitrogens with one attached hydrogen (secondary N) is 2. The maximum atomic E-state index is 11.2. The van der Waals surface area contributed by atoms with Gasteiger partial charge in [-0.3, -0.25) is 4.79 Å². The highest BCUT2D eigenvalue weighted by atomic mass is 35.5. The Hall–Kier alpha value is -0.320. The lowest BCUT2D eigenvalue weighted by atomic mass is 10.3. The third kappa shape index (κ3) is 11.9. The van der Waals surface area contributed by atoms with E-state index in [2.05, 4.69) is 29.4 Å². The van der Waals surface area contributed by atoms with Crippen LogP contribution in [0, 0.1) is 0 Å². The summed E-state index contributed by atoms with van der Waals surface area (Å²) in [5.74, 6) is 0.0834. The second-order valence-corrected chi connectivity index (χ2v) is 4.08. The van der Waals surface area contributed by atoms with Crippen LogP contribution in [0.2, 0.25) is 0 Å². The minimum Gasteiger partial charge on any atom is -0.355 e. The summed E-state index contributed by atoms with van der Waals surface area (Å²) < 4.78 is 0. The van der Waals surface area contributed by atoms with Crippen LogP contribution >= 0.6 is 12.4 Å². The van der Waals surface area contributed by atoms with Gasteiger partial charge < -0.3 is 15.5 Å². The molecule has 0 spiro atoms. The minimum atomic E-state index is 0. The van der Waals surface area contributed by atoms with Gasteiger partial charge in [0.1, 0.15) is 0 Å². The molecule has 0 saturated carbocycles. The van der Waals surface area contributed by atoms with Crippen LogP contribution in [-0.2, 0) is 4.79 Å². The molecule has 0 aliphatic rings. The molecule has 0 atom stereocenters. The van der Waals surface area contributed by atoms with Crippen LogP contribution < -0.4 is 10.6 Å². The highest BCUT2D eigenvalue weighted by Crippen LogP contribution is 1.95. The van der Waals surface area contributed by atoms with E-state index >= 15 is 0 Å². The summed E-state index contributed by atoms with van der Waals surface area (Å²) in [7, 11) is 1.78. The standard InChI is InChI=1S/C12H27N3O.ClH/c1-4-8-15(9-5-2)10-6-7-14-12(16)11-13-3;/h13H,4-11H2,1-3H3,(H,14,16);1H. The lowest BCUT2D eigenvalue weighted by Crippen LogP contribution is -2.35. The predicted octanol–water partition coefficient (Wildman–Crippen LogP) is 1.26. The van der Waals surface area contributed by atoms with Crippen molar-refractivity contribution in [3.05, 3.63) is 0 Å². The van der Waals surface area contributed by atoms with Gasteiger partial charge in [0.05, 0.1) is 6.54 Å². The Balaban J connectivity index is 0. The smallest absolute Gasteiger partial charge is 0.233 e. The van der Waals surface area contributed by atoms with E-state index in [1.165, 1.54) is 12.8 Å². The highest BCUT2D eigenvalue weighted by Gasteiger charge is 2.02. The average molecular weight is 266 g/mol. The fourth-order valence-corrected chi connectivity index (χ4v) is 1.72. The molecule has 0 aliphatic carbocycles. The van der Waals surface area contributed by atoms with E-state index < -0.39 is 0 Å². The molecule has 0 bridgehead atoms. The van der Waals surface area contributed by atoms with E-state index in [4.69, 9.17) is 0 Å². The fourth-order valence-electron chi connectivity index (χ4n) is 1.72. The van der Waals surface area contributed by atoms with Gasteiger partial charge in [-0.2, -0.15) is 0 Å². The van der Waals surface area contributed by atoms with Crippen molar-refractivity contribution >= 4 is 18.3 Å². The zero-order valence-corrected chi connectivity index (χ0v) is 12.2. The molecular weight excluding hydrogens is 238 g/mol. The zero-order valence-electron chi connectivity index (χ0n) is 11.4. The van der Waals surface area contributed by atoms with Crippen molar-refractivity contribution in [3.8, 4) is 0 Å². The van der Waals surface area contributed by atoms with Gasteiger partial charge in [0.25, 0.3) is 0 Å². The van der Waals surface area contributed by atoms with Crippen molar-refractivity contribution in [2.24, 2.45) is 0 Å². The van der Waals surface area contributed by atoms with Gasteiger partial charge in [-0.25, -0.2) is 0 Å². The van der Waals surface area contributed by atoms with Crippen LogP contribution in [0.5, 0.6) is 0 Å². The van der Waals surface area contributed by atoms with Crippen molar-refractivity contribution in [1.29, 1.82) is 0 Å². The lowest BCUT2D eigenvalue weighted by Gasteiger charge is -2.20. The molecule has 0 heterocycles. The molecule has 0 radical (unpaired) electrons. The molecule has 5 heteroatoms. The van der Waals surface area contributed by atoms with E-state index in [0.717, 1.165) is 32.6 Å². The van der Waals surface area contributed by atoms with Crippen molar-refractivity contribution in [1.82, 2.24) is 15.5 Å². The van der Waals surface area contributed by atoms with Crippen LogP contribution in [0.15, 0.2) is 0 Å². The molecule has 0 aromatic heterocycles. The second kappa shape index (κ2) is 13.7. The molecule has 1 amide bonds. The molecule has 4 nitrogen and oxygen atoms in total. The van der Waals surface area contributed by atoms with Crippen molar-refractivity contribution < 1.29 is 4.79 Å². The van der Waals surface area contributed by atoms with Crippen molar-refractivity contribution in [3.63, 3.8) is 0 Å². The van der Waals surface area contributed by atoms with Crippen LogP contribution in [0.25, 0.3) is 0 Å². The van der Waals surface area contributed by atoms with Gasteiger partial charge in [-0.15, -0.1) is 12.4 Å². The summed E-state index contributed by atoms with van der Waals surface area (Å²) in [5.41, 5.74) is 0. The maximum Gasteiger partial charge on any atom is 0.233 e. The molecule has 2 N–H and O–H groups in total. The highest BCUT2D eigenvalue weighted by molar-refractivity contribution is 5.85. The molecule has 0 fully saturated rings. The molecule has 0 saturated heterocycles. The number of halogens is 1. The Kier molecular flexibility index (Phi) is 15.4. The van der Waals surface area contributed by atoms with Gasteiger partial charge in [-0.05, 0) is 45.9 Å². The first-order valence-corrected chi connectivity index (χ1v) is 6.38. The summed E-state index contributed by atoms with van der Waals surface area (Å²) >= 11 is 0. The van der Waals surface area contributed by atoms with Gasteiger partial charge in [0, 0.05) is 6.54 Å². The predicted molar refractivity (Wildman–Crippen MR) is 75.8 cm³/mol. The first-order valence-electron chi connectivity index (χ1n) is 6.38. The first kappa shape index (κ1) is 19.0. The molecule has 0 rings (SSSR count). The lowest BCUT2D eigenvalue weighted by molar-refractivity contribution is -0.120. The second-order valence-electron chi connectivity index (χ2n) is 4.08. The number of likely N-dealkylation sites (N-methyl/N-ethyl adjacent to an activating group) is 1. The van der Waals surface area contributed by atoms with Crippen LogP contribution in [0.4, 0.5) is 0 Å². The Morgan fingerprint density at radius 1 is 1.12 bits per heavy atom. The Morgan fingerprint density at radius 3 is 2.18 bits per heavy atom. The Morgan fingerprint density at radius 2 is 1.71 bits per heavy atom. The van der Waals surface area contributed by atoms with Gasteiger partial charge in [0.2, 0.25) is 5.91 Å². The number of hydrogen-bond donors (Lipinski definition) is 2. The third-order valence-corrected chi connectivity index (χ3v) is 2.39. The molecule has 17 heavy (non-hydrogen) atoms. The summed E-state index contributed by atoms with van der Waals surface area (Å²) in [6, 6.07) is 0. The normalized spacial score (nSPS) is 10.1.